The van der Waals surface area contributed by atoms with Gasteiger partial charge in [-0.3, -0.25) is 4.79 Å². The molecule has 0 aromatic heterocycles. The average molecular weight is 404 g/mol. The lowest BCUT2D eigenvalue weighted by Gasteiger charge is -2.19. The quantitative estimate of drug-likeness (QED) is 0.668. The Morgan fingerprint density at radius 3 is 2.23 bits per heavy atom. The van der Waals surface area contributed by atoms with Gasteiger partial charge in [-0.15, -0.1) is 0 Å². The van der Waals surface area contributed by atoms with E-state index in [4.69, 9.17) is 0 Å². The molecular weight excluding hydrogens is 374 g/mol. The van der Waals surface area contributed by atoms with E-state index in [1.54, 1.807) is 4.90 Å². The lowest BCUT2D eigenvalue weighted by Crippen LogP contribution is -2.29. The molecule has 0 bridgehead atoms. The van der Waals surface area contributed by atoms with Crippen LogP contribution in [0.1, 0.15) is 35.7 Å². The summed E-state index contributed by atoms with van der Waals surface area (Å²) >= 11 is 0. The van der Waals surface area contributed by atoms with Crippen molar-refractivity contribution in [3.8, 4) is 11.1 Å². The highest BCUT2D eigenvalue weighted by molar-refractivity contribution is 6.11. The van der Waals surface area contributed by atoms with Gasteiger partial charge < -0.3 is 15.1 Å². The molecule has 2 atom stereocenters. The number of amides is 1. The molecule has 3 aromatic rings. The molecule has 0 spiro atoms. The van der Waals surface area contributed by atoms with E-state index in [-0.39, 0.29) is 31.0 Å². The Morgan fingerprint density at radius 2 is 1.60 bits per heavy atom. The highest BCUT2D eigenvalue weighted by Gasteiger charge is 2.35. The van der Waals surface area contributed by atoms with E-state index in [0.29, 0.717) is 24.6 Å². The van der Waals surface area contributed by atoms with Crippen LogP contribution in [0.2, 0.25) is 0 Å². The summed E-state index contributed by atoms with van der Waals surface area (Å²) in [7, 11) is 0. The zero-order valence-corrected chi connectivity index (χ0v) is 17.6. The van der Waals surface area contributed by atoms with Crippen molar-refractivity contribution in [2.75, 3.05) is 26.3 Å². The zero-order valence-electron chi connectivity index (χ0n) is 17.6. The van der Waals surface area contributed by atoms with Crippen LogP contribution in [0.25, 0.3) is 21.9 Å². The number of aliphatic hydroxyl groups excluding tert-OH is 2. The minimum absolute atomic E-state index is 0.0130. The minimum Gasteiger partial charge on any atom is -0.396 e. The first-order chi connectivity index (χ1) is 14.5. The van der Waals surface area contributed by atoms with Crippen molar-refractivity contribution in [1.29, 1.82) is 0 Å². The van der Waals surface area contributed by atoms with Crippen LogP contribution in [-0.2, 0) is 0 Å². The second kappa shape index (κ2) is 8.58. The van der Waals surface area contributed by atoms with E-state index < -0.39 is 0 Å². The van der Waals surface area contributed by atoms with Crippen LogP contribution >= 0.6 is 0 Å². The Morgan fingerprint density at radius 1 is 0.933 bits per heavy atom. The molecule has 0 saturated carbocycles. The third-order valence-electron chi connectivity index (χ3n) is 6.35. The Hall–Kier alpha value is -2.69. The fourth-order valence-electron chi connectivity index (χ4n) is 4.49. The van der Waals surface area contributed by atoms with Gasteiger partial charge in [0.2, 0.25) is 0 Å². The predicted molar refractivity (Wildman–Crippen MR) is 121 cm³/mol. The summed E-state index contributed by atoms with van der Waals surface area (Å²) in [5.74, 6) is 0.278. The topological polar surface area (TPSA) is 60.8 Å². The van der Waals surface area contributed by atoms with Crippen molar-refractivity contribution in [1.82, 2.24) is 4.90 Å². The summed E-state index contributed by atoms with van der Waals surface area (Å²) in [6.07, 6.45) is 0. The lowest BCUT2D eigenvalue weighted by atomic mass is 9.92. The predicted octanol–water partition coefficient (Wildman–Crippen LogP) is 4.30. The number of benzene rings is 3. The van der Waals surface area contributed by atoms with Crippen molar-refractivity contribution in [2.45, 2.75) is 19.8 Å². The summed E-state index contributed by atoms with van der Waals surface area (Å²) in [6.45, 7) is 5.31. The Kier molecular flexibility index (Phi) is 5.89. The molecule has 4 heteroatoms. The second-order valence-electron chi connectivity index (χ2n) is 8.58. The standard InChI is InChI=1S/C26H29NO3/c1-17(2)18-6-5-7-19(12-18)22-10-11-25(24-9-4-3-8-23(22)24)26(30)27-13-20(15-28)21(14-27)16-29/h3-12,17,20-21,28-29H,13-16H2,1-2H3/t20-,21-/m0/s1. The molecule has 1 amide bonds. The number of fused-ring (bicyclic) bond motifs is 1. The highest BCUT2D eigenvalue weighted by Crippen LogP contribution is 2.34. The first kappa shape index (κ1) is 20.6. The van der Waals surface area contributed by atoms with Gasteiger partial charge >= 0.3 is 0 Å². The smallest absolute Gasteiger partial charge is 0.254 e. The fraction of sp³-hybridized carbons (Fsp3) is 0.346. The summed E-state index contributed by atoms with van der Waals surface area (Å²) in [6, 6.07) is 20.6. The number of rotatable bonds is 5. The molecule has 3 aromatic carbocycles. The van der Waals surface area contributed by atoms with Gasteiger partial charge in [0.15, 0.2) is 0 Å². The van der Waals surface area contributed by atoms with Crippen molar-refractivity contribution in [2.24, 2.45) is 11.8 Å². The van der Waals surface area contributed by atoms with Crippen molar-refractivity contribution in [3.05, 3.63) is 71.8 Å². The van der Waals surface area contributed by atoms with Crippen LogP contribution < -0.4 is 0 Å². The normalized spacial score (nSPS) is 19.0. The van der Waals surface area contributed by atoms with Gasteiger partial charge in [-0.25, -0.2) is 0 Å². The van der Waals surface area contributed by atoms with Crippen molar-refractivity contribution < 1.29 is 15.0 Å². The second-order valence-corrected chi connectivity index (χ2v) is 8.58. The SMILES string of the molecule is CC(C)c1cccc(-c2ccc(C(=O)N3C[C@@H](CO)[C@H](CO)C3)c3ccccc23)c1. The fourth-order valence-corrected chi connectivity index (χ4v) is 4.49. The monoisotopic (exact) mass is 403 g/mol. The van der Waals surface area contributed by atoms with E-state index >= 15 is 0 Å². The molecule has 30 heavy (non-hydrogen) atoms. The molecule has 0 unspecified atom stereocenters. The van der Waals surface area contributed by atoms with Crippen LogP contribution in [0.4, 0.5) is 0 Å². The van der Waals surface area contributed by atoms with E-state index in [1.807, 2.05) is 30.3 Å². The largest absolute Gasteiger partial charge is 0.396 e. The number of likely N-dealkylation sites (tertiary alicyclic amines) is 1. The van der Waals surface area contributed by atoms with Crippen LogP contribution in [0, 0.1) is 11.8 Å². The van der Waals surface area contributed by atoms with Crippen LogP contribution in [-0.4, -0.2) is 47.3 Å². The summed E-state index contributed by atoms with van der Waals surface area (Å²) in [5, 5.41) is 21.2. The Balaban J connectivity index is 1.75. The zero-order chi connectivity index (χ0) is 21.3. The molecule has 1 saturated heterocycles. The van der Waals surface area contributed by atoms with Crippen molar-refractivity contribution >= 4 is 16.7 Å². The molecule has 1 heterocycles. The minimum atomic E-state index is -0.0664. The Bertz CT molecular complexity index is 1050. The molecule has 1 aliphatic rings. The van der Waals surface area contributed by atoms with Crippen LogP contribution in [0.5, 0.6) is 0 Å². The van der Waals surface area contributed by atoms with Gasteiger partial charge in [-0.2, -0.15) is 0 Å². The molecule has 4 nitrogen and oxygen atoms in total. The van der Waals surface area contributed by atoms with Gasteiger partial charge in [0.05, 0.1) is 0 Å². The molecule has 4 rings (SSSR count). The maximum atomic E-state index is 13.3. The molecular formula is C26H29NO3. The van der Waals surface area contributed by atoms with Gasteiger partial charge in [-0.1, -0.05) is 68.4 Å². The molecule has 2 N–H and O–H groups in total. The molecule has 156 valence electrons. The molecule has 0 radical (unpaired) electrons. The summed E-state index contributed by atoms with van der Waals surface area (Å²) < 4.78 is 0. The number of nitrogens with zero attached hydrogens (tertiary/aromatic N) is 1. The van der Waals surface area contributed by atoms with Gasteiger partial charge in [0.1, 0.15) is 0 Å². The third-order valence-corrected chi connectivity index (χ3v) is 6.35. The third kappa shape index (κ3) is 3.73. The maximum Gasteiger partial charge on any atom is 0.254 e. The van der Waals surface area contributed by atoms with Gasteiger partial charge in [-0.05, 0) is 39.4 Å². The summed E-state index contributed by atoms with van der Waals surface area (Å²) in [4.78, 5) is 15.1. The number of carbonyl (C=O) groups is 1. The first-order valence-corrected chi connectivity index (χ1v) is 10.7. The van der Waals surface area contributed by atoms with E-state index in [1.165, 1.54) is 5.56 Å². The highest BCUT2D eigenvalue weighted by atomic mass is 16.3. The number of hydrogen-bond acceptors (Lipinski definition) is 3. The molecule has 1 fully saturated rings. The lowest BCUT2D eigenvalue weighted by molar-refractivity contribution is 0.0780. The van der Waals surface area contributed by atoms with E-state index in [0.717, 1.165) is 21.9 Å². The summed E-state index contributed by atoms with van der Waals surface area (Å²) in [5.41, 5.74) is 4.23. The van der Waals surface area contributed by atoms with Crippen molar-refractivity contribution in [3.63, 3.8) is 0 Å². The molecule has 1 aliphatic heterocycles. The van der Waals surface area contributed by atoms with Crippen LogP contribution in [0.3, 0.4) is 0 Å². The number of carbonyl (C=O) groups excluding carboxylic acids is 1. The van der Waals surface area contributed by atoms with E-state index in [2.05, 4.69) is 44.2 Å². The van der Waals surface area contributed by atoms with Gasteiger partial charge in [0, 0.05) is 43.7 Å². The molecule has 0 aliphatic carbocycles. The average Bonchev–Trinajstić information content (AvgIpc) is 3.21. The maximum absolute atomic E-state index is 13.3. The number of hydrogen-bond donors (Lipinski definition) is 2. The van der Waals surface area contributed by atoms with Gasteiger partial charge in [0.25, 0.3) is 5.91 Å². The van der Waals surface area contributed by atoms with Crippen LogP contribution in [0.15, 0.2) is 60.7 Å². The number of aliphatic hydroxyl groups is 2. The Labute approximate surface area is 177 Å². The van der Waals surface area contributed by atoms with E-state index in [9.17, 15) is 15.0 Å². The first-order valence-electron chi connectivity index (χ1n) is 10.7.